The van der Waals surface area contributed by atoms with Gasteiger partial charge in [-0.25, -0.2) is 8.78 Å². The maximum Gasteiger partial charge on any atom is 0.217 e. The van der Waals surface area contributed by atoms with Gasteiger partial charge in [0.2, 0.25) is 5.91 Å². The van der Waals surface area contributed by atoms with Gasteiger partial charge in [-0.05, 0) is 68.0 Å². The third-order valence-corrected chi connectivity index (χ3v) is 6.37. The van der Waals surface area contributed by atoms with E-state index in [4.69, 9.17) is 4.52 Å². The highest BCUT2D eigenvalue weighted by Gasteiger charge is 2.44. The molecule has 1 fully saturated rings. The molecule has 0 unspecified atom stereocenters. The predicted octanol–water partition coefficient (Wildman–Crippen LogP) is 3.92. The van der Waals surface area contributed by atoms with Crippen LogP contribution in [0.5, 0.6) is 0 Å². The van der Waals surface area contributed by atoms with Crippen LogP contribution in [0, 0.1) is 25.5 Å². The van der Waals surface area contributed by atoms with Crippen LogP contribution in [0.2, 0.25) is 0 Å². The molecule has 3 aromatic rings. The number of rotatable bonds is 9. The zero-order valence-corrected chi connectivity index (χ0v) is 19.5. The van der Waals surface area contributed by atoms with E-state index in [2.05, 4.69) is 27.9 Å². The van der Waals surface area contributed by atoms with Crippen LogP contribution in [0.4, 0.5) is 8.78 Å². The second-order valence-corrected chi connectivity index (χ2v) is 9.10. The molecule has 180 valence electrons. The number of halogens is 2. The quantitative estimate of drug-likeness (QED) is 0.442. The molecule has 0 saturated heterocycles. The molecule has 1 amide bonds. The molecule has 0 bridgehead atoms. The summed E-state index contributed by atoms with van der Waals surface area (Å²) in [4.78, 5) is 11.7. The SMILES string of the molecule is CC(=O)N[C@@H](Cc1cc(F)cc(F)c1)[C@H](O)CNC1(c2cccc(-c3c(C)noc3C)c2)CC1. The fourth-order valence-corrected chi connectivity index (χ4v) is 4.53. The molecule has 1 saturated carbocycles. The zero-order valence-electron chi connectivity index (χ0n) is 19.5. The minimum atomic E-state index is -0.960. The Morgan fingerprint density at radius 3 is 2.47 bits per heavy atom. The number of aliphatic hydroxyl groups excluding tert-OH is 1. The van der Waals surface area contributed by atoms with Crippen molar-refractivity contribution in [3.8, 4) is 11.1 Å². The average Bonchev–Trinajstić information content (AvgIpc) is 3.49. The van der Waals surface area contributed by atoms with Crippen molar-refractivity contribution in [3.63, 3.8) is 0 Å². The molecule has 3 N–H and O–H groups in total. The molecule has 0 radical (unpaired) electrons. The maximum atomic E-state index is 13.6. The molecule has 1 aliphatic rings. The van der Waals surface area contributed by atoms with E-state index in [0.717, 1.165) is 47.1 Å². The van der Waals surface area contributed by atoms with Gasteiger partial charge in [-0.15, -0.1) is 0 Å². The normalized spacial score (nSPS) is 16.2. The first kappa shape index (κ1) is 24.0. The van der Waals surface area contributed by atoms with E-state index < -0.39 is 23.8 Å². The number of carbonyl (C=O) groups is 1. The van der Waals surface area contributed by atoms with Crippen LogP contribution in [0.1, 0.15) is 42.3 Å². The number of nitrogens with zero attached hydrogens (tertiary/aromatic N) is 1. The molecule has 34 heavy (non-hydrogen) atoms. The highest BCUT2D eigenvalue weighted by molar-refractivity contribution is 5.73. The second kappa shape index (κ2) is 9.64. The number of hydrogen-bond donors (Lipinski definition) is 3. The fourth-order valence-electron chi connectivity index (χ4n) is 4.53. The van der Waals surface area contributed by atoms with Crippen molar-refractivity contribution in [3.05, 3.63) is 76.7 Å². The average molecular weight is 470 g/mol. The summed E-state index contributed by atoms with van der Waals surface area (Å²) in [5.41, 5.74) is 4.01. The zero-order chi connectivity index (χ0) is 24.5. The van der Waals surface area contributed by atoms with E-state index in [9.17, 15) is 18.7 Å². The molecule has 6 nitrogen and oxygen atoms in total. The number of aliphatic hydroxyl groups is 1. The van der Waals surface area contributed by atoms with Gasteiger partial charge in [0.15, 0.2) is 0 Å². The van der Waals surface area contributed by atoms with E-state index in [1.165, 1.54) is 19.1 Å². The third-order valence-electron chi connectivity index (χ3n) is 6.37. The van der Waals surface area contributed by atoms with Gasteiger partial charge in [-0.1, -0.05) is 23.4 Å². The Labute approximate surface area is 197 Å². The number of nitrogens with one attached hydrogen (secondary N) is 2. The molecule has 1 heterocycles. The molecule has 1 aliphatic carbocycles. The van der Waals surface area contributed by atoms with Crippen LogP contribution in [-0.4, -0.2) is 34.9 Å². The van der Waals surface area contributed by atoms with Crippen LogP contribution in [0.15, 0.2) is 47.0 Å². The molecule has 2 atom stereocenters. The Balaban J connectivity index is 1.48. The van der Waals surface area contributed by atoms with Gasteiger partial charge in [0.1, 0.15) is 17.4 Å². The lowest BCUT2D eigenvalue weighted by Gasteiger charge is -2.27. The maximum absolute atomic E-state index is 13.6. The van der Waals surface area contributed by atoms with Crippen LogP contribution in [0.3, 0.4) is 0 Å². The molecule has 0 aliphatic heterocycles. The molecule has 8 heteroatoms. The Bertz CT molecular complexity index is 1150. The van der Waals surface area contributed by atoms with E-state index in [-0.39, 0.29) is 24.4 Å². The van der Waals surface area contributed by atoms with E-state index >= 15 is 0 Å². The molecule has 4 rings (SSSR count). The summed E-state index contributed by atoms with van der Waals surface area (Å²) in [7, 11) is 0. The number of amides is 1. The van der Waals surface area contributed by atoms with Gasteiger partial charge in [-0.2, -0.15) is 0 Å². The van der Waals surface area contributed by atoms with Crippen LogP contribution in [-0.2, 0) is 16.8 Å². The third kappa shape index (κ3) is 5.34. The smallest absolute Gasteiger partial charge is 0.217 e. The number of carbonyl (C=O) groups excluding carboxylic acids is 1. The number of hydrogen-bond acceptors (Lipinski definition) is 5. The summed E-state index contributed by atoms with van der Waals surface area (Å²) in [6, 6.07) is 10.7. The summed E-state index contributed by atoms with van der Waals surface area (Å²) in [6.07, 6.45) is 0.958. The molecular formula is C26H29F2N3O3. The van der Waals surface area contributed by atoms with Gasteiger partial charge in [0.25, 0.3) is 0 Å². The number of aromatic nitrogens is 1. The summed E-state index contributed by atoms with van der Waals surface area (Å²) in [5.74, 6) is -0.956. The first-order chi connectivity index (χ1) is 16.2. The van der Waals surface area contributed by atoms with Crippen molar-refractivity contribution in [2.75, 3.05) is 6.54 Å². The monoisotopic (exact) mass is 469 g/mol. The highest BCUT2D eigenvalue weighted by atomic mass is 19.1. The molecule has 2 aromatic carbocycles. The first-order valence-electron chi connectivity index (χ1n) is 11.4. The standard InChI is InChI=1S/C26H29F2N3O3/c1-15-25(16(2)34-31-15)19-5-4-6-20(12-19)26(7-8-26)29-14-24(33)23(30-17(3)32)11-18-9-21(27)13-22(28)10-18/h4-6,9-10,12-13,23-24,29,33H,7-8,11,14H2,1-3H3,(H,30,32)/t23-,24+/m0/s1. The summed E-state index contributed by atoms with van der Waals surface area (Å²) >= 11 is 0. The summed E-state index contributed by atoms with van der Waals surface area (Å²) in [6.45, 7) is 5.35. The minimum absolute atomic E-state index is 0.103. The van der Waals surface area contributed by atoms with Gasteiger partial charge in [0, 0.05) is 30.6 Å². The Morgan fingerprint density at radius 2 is 1.88 bits per heavy atom. The largest absolute Gasteiger partial charge is 0.390 e. The van der Waals surface area contributed by atoms with Crippen LogP contribution >= 0.6 is 0 Å². The summed E-state index contributed by atoms with van der Waals surface area (Å²) in [5, 5.41) is 21.1. The van der Waals surface area contributed by atoms with Crippen molar-refractivity contribution < 1.29 is 23.2 Å². The van der Waals surface area contributed by atoms with Crippen molar-refractivity contribution >= 4 is 5.91 Å². The van der Waals surface area contributed by atoms with Crippen LogP contribution < -0.4 is 10.6 Å². The minimum Gasteiger partial charge on any atom is -0.390 e. The van der Waals surface area contributed by atoms with Gasteiger partial charge >= 0.3 is 0 Å². The number of aryl methyl sites for hydroxylation is 2. The molecular weight excluding hydrogens is 440 g/mol. The fraction of sp³-hybridized carbons (Fsp3) is 0.385. The van der Waals surface area contributed by atoms with E-state index in [1.54, 1.807) is 0 Å². The lowest BCUT2D eigenvalue weighted by atomic mass is 9.96. The topological polar surface area (TPSA) is 87.4 Å². The second-order valence-electron chi connectivity index (χ2n) is 9.10. The van der Waals surface area contributed by atoms with Gasteiger partial charge in [0.05, 0.1) is 17.8 Å². The number of benzene rings is 2. The summed E-state index contributed by atoms with van der Waals surface area (Å²) < 4.78 is 32.5. The van der Waals surface area contributed by atoms with Crippen molar-refractivity contribution in [1.29, 1.82) is 0 Å². The van der Waals surface area contributed by atoms with Crippen molar-refractivity contribution in [2.24, 2.45) is 0 Å². The molecule has 1 aromatic heterocycles. The van der Waals surface area contributed by atoms with Crippen LogP contribution in [0.25, 0.3) is 11.1 Å². The lowest BCUT2D eigenvalue weighted by molar-refractivity contribution is -0.120. The van der Waals surface area contributed by atoms with E-state index in [1.807, 2.05) is 26.0 Å². The van der Waals surface area contributed by atoms with E-state index in [0.29, 0.717) is 5.56 Å². The van der Waals surface area contributed by atoms with Crippen molar-refractivity contribution in [2.45, 2.75) is 57.7 Å². The predicted molar refractivity (Wildman–Crippen MR) is 124 cm³/mol. The Morgan fingerprint density at radius 1 is 1.18 bits per heavy atom. The Hall–Kier alpha value is -3.10. The highest BCUT2D eigenvalue weighted by Crippen LogP contribution is 2.46. The van der Waals surface area contributed by atoms with Crippen molar-refractivity contribution in [1.82, 2.24) is 15.8 Å². The Kier molecular flexibility index (Phi) is 6.81. The van der Waals surface area contributed by atoms with Gasteiger partial charge < -0.3 is 20.3 Å². The lowest BCUT2D eigenvalue weighted by Crippen LogP contribution is -2.49. The van der Waals surface area contributed by atoms with Gasteiger partial charge in [-0.3, -0.25) is 4.79 Å². The first-order valence-corrected chi connectivity index (χ1v) is 11.4. The molecule has 0 spiro atoms.